The molecule has 3 heterocycles. The quantitative estimate of drug-likeness (QED) is 0.641. The Morgan fingerprint density at radius 2 is 2.06 bits per heavy atom. The maximum absolute atomic E-state index is 14.3. The van der Waals surface area contributed by atoms with Gasteiger partial charge < -0.3 is 10.2 Å². The number of aromatic nitrogens is 3. The third-order valence-electron chi connectivity index (χ3n) is 6.42. The first-order valence-electron chi connectivity index (χ1n) is 10.6. The van der Waals surface area contributed by atoms with Crippen molar-refractivity contribution in [2.24, 2.45) is 13.0 Å². The van der Waals surface area contributed by atoms with Crippen LogP contribution in [-0.4, -0.2) is 39.4 Å². The highest BCUT2D eigenvalue weighted by Crippen LogP contribution is 2.47. The second-order valence-electron chi connectivity index (χ2n) is 8.67. The van der Waals surface area contributed by atoms with E-state index in [0.29, 0.717) is 23.9 Å². The molecule has 0 spiro atoms. The van der Waals surface area contributed by atoms with Gasteiger partial charge >= 0.3 is 0 Å². The Balaban J connectivity index is 1.32. The van der Waals surface area contributed by atoms with Crippen molar-refractivity contribution >= 4 is 39.8 Å². The normalized spacial score (nSPS) is 21.9. The third kappa shape index (κ3) is 3.89. The van der Waals surface area contributed by atoms with Gasteiger partial charge in [0.2, 0.25) is 5.91 Å². The van der Waals surface area contributed by atoms with Gasteiger partial charge in [-0.05, 0) is 41.5 Å². The summed E-state index contributed by atoms with van der Waals surface area (Å²) < 4.78 is 16.0. The number of aryl methyl sites for hydroxylation is 1. The van der Waals surface area contributed by atoms with Gasteiger partial charge in [0.15, 0.2) is 5.67 Å². The first kappa shape index (κ1) is 20.7. The summed E-state index contributed by atoms with van der Waals surface area (Å²) in [4.78, 5) is 19.1. The van der Waals surface area contributed by atoms with Crippen LogP contribution in [0.15, 0.2) is 36.8 Å². The number of anilines is 2. The molecule has 0 bridgehead atoms. The van der Waals surface area contributed by atoms with Gasteiger partial charge in [-0.2, -0.15) is 10.4 Å². The molecular formula is C23H22ClFN6O. The molecule has 1 amide bonds. The van der Waals surface area contributed by atoms with E-state index in [2.05, 4.69) is 15.4 Å². The molecule has 9 heteroatoms. The first-order chi connectivity index (χ1) is 15.3. The summed E-state index contributed by atoms with van der Waals surface area (Å²) in [5, 5.41) is 18.4. The summed E-state index contributed by atoms with van der Waals surface area (Å²) in [5.74, 6) is 0.557. The van der Waals surface area contributed by atoms with Crippen molar-refractivity contribution < 1.29 is 9.18 Å². The second-order valence-corrected chi connectivity index (χ2v) is 9.08. The predicted octanol–water partition coefficient (Wildman–Crippen LogP) is 4.20. The van der Waals surface area contributed by atoms with Crippen LogP contribution >= 0.6 is 11.6 Å². The van der Waals surface area contributed by atoms with Crippen molar-refractivity contribution in [1.82, 2.24) is 14.8 Å². The number of nitrogens with one attached hydrogen (secondary N) is 1. The topological polar surface area (TPSA) is 86.8 Å². The number of carbonyl (C=O) groups is 1. The number of piperidine rings is 1. The van der Waals surface area contributed by atoms with Crippen molar-refractivity contribution in [2.45, 2.75) is 30.8 Å². The maximum Gasteiger partial charge on any atom is 0.229 e. The highest BCUT2D eigenvalue weighted by molar-refractivity contribution is 6.34. The third-order valence-corrected chi connectivity index (χ3v) is 6.72. The minimum Gasteiger partial charge on any atom is -0.370 e. The SMILES string of the molecule is Cn1cc([C@@H]2C[C@H]2C(=O)Nc2cc3cc(N4CCC(F)(C#N)CC4)c(Cl)cc3cn2)cn1. The molecule has 0 radical (unpaired) electrons. The van der Waals surface area contributed by atoms with E-state index in [4.69, 9.17) is 16.9 Å². The Bertz CT molecular complexity index is 1240. The Morgan fingerprint density at radius 3 is 2.75 bits per heavy atom. The van der Waals surface area contributed by atoms with Crippen LogP contribution in [-0.2, 0) is 11.8 Å². The van der Waals surface area contributed by atoms with E-state index in [1.807, 2.05) is 42.5 Å². The lowest BCUT2D eigenvalue weighted by Crippen LogP contribution is -2.41. The van der Waals surface area contributed by atoms with Crippen LogP contribution in [0.1, 0.15) is 30.7 Å². The molecule has 1 N–H and O–H groups in total. The number of nitrogens with zero attached hydrogens (tertiary/aromatic N) is 5. The van der Waals surface area contributed by atoms with Crippen LogP contribution in [0, 0.1) is 17.2 Å². The molecule has 1 aliphatic carbocycles. The number of hydrogen-bond donors (Lipinski definition) is 1. The molecule has 1 aromatic carbocycles. The smallest absolute Gasteiger partial charge is 0.229 e. The summed E-state index contributed by atoms with van der Waals surface area (Å²) >= 11 is 6.49. The van der Waals surface area contributed by atoms with Gasteiger partial charge in [0.25, 0.3) is 0 Å². The van der Waals surface area contributed by atoms with Gasteiger partial charge in [-0.15, -0.1) is 0 Å². The molecule has 32 heavy (non-hydrogen) atoms. The Kier molecular flexibility index (Phi) is 5.01. The summed E-state index contributed by atoms with van der Waals surface area (Å²) in [6, 6.07) is 7.36. The summed E-state index contributed by atoms with van der Waals surface area (Å²) in [7, 11) is 1.86. The van der Waals surface area contributed by atoms with Crippen LogP contribution in [0.2, 0.25) is 5.02 Å². The summed E-state index contributed by atoms with van der Waals surface area (Å²) in [5.41, 5.74) is 0.104. The van der Waals surface area contributed by atoms with Gasteiger partial charge in [0.05, 0.1) is 16.9 Å². The van der Waals surface area contributed by atoms with Crippen LogP contribution < -0.4 is 10.2 Å². The van der Waals surface area contributed by atoms with Crippen LogP contribution in [0.5, 0.6) is 0 Å². The predicted molar refractivity (Wildman–Crippen MR) is 120 cm³/mol. The number of rotatable bonds is 4. The van der Waals surface area contributed by atoms with Crippen molar-refractivity contribution in [1.29, 1.82) is 5.26 Å². The molecule has 1 aliphatic heterocycles. The minimum atomic E-state index is -1.77. The number of halogens is 2. The fourth-order valence-corrected chi connectivity index (χ4v) is 4.67. The molecule has 5 rings (SSSR count). The largest absolute Gasteiger partial charge is 0.370 e. The summed E-state index contributed by atoms with van der Waals surface area (Å²) in [6.45, 7) is 0.836. The Morgan fingerprint density at radius 1 is 1.28 bits per heavy atom. The molecule has 7 nitrogen and oxygen atoms in total. The van der Waals surface area contributed by atoms with Gasteiger partial charge in [0, 0.05) is 56.7 Å². The number of amides is 1. The minimum absolute atomic E-state index is 0.0493. The van der Waals surface area contributed by atoms with Crippen LogP contribution in [0.25, 0.3) is 10.8 Å². The highest BCUT2D eigenvalue weighted by atomic mass is 35.5. The molecule has 2 aromatic heterocycles. The average molecular weight is 453 g/mol. The van der Waals surface area contributed by atoms with Gasteiger partial charge in [-0.1, -0.05) is 11.6 Å². The van der Waals surface area contributed by atoms with Crippen molar-refractivity contribution in [3.05, 3.63) is 47.4 Å². The van der Waals surface area contributed by atoms with E-state index < -0.39 is 5.67 Å². The molecule has 1 saturated heterocycles. The fourth-order valence-electron chi connectivity index (χ4n) is 4.38. The van der Waals surface area contributed by atoms with Gasteiger partial charge in [-0.25, -0.2) is 9.37 Å². The van der Waals surface area contributed by atoms with Crippen LogP contribution in [0.4, 0.5) is 15.9 Å². The fraction of sp³-hybridized carbons (Fsp3) is 0.391. The molecule has 2 aliphatic rings. The van der Waals surface area contributed by atoms with E-state index in [0.717, 1.165) is 28.4 Å². The highest BCUT2D eigenvalue weighted by Gasteiger charge is 2.44. The van der Waals surface area contributed by atoms with Crippen molar-refractivity contribution in [2.75, 3.05) is 23.3 Å². The molecule has 0 unspecified atom stereocenters. The summed E-state index contributed by atoms with van der Waals surface area (Å²) in [6.07, 6.45) is 6.54. The lowest BCUT2D eigenvalue weighted by molar-refractivity contribution is -0.117. The second kappa shape index (κ2) is 7.75. The molecule has 3 aromatic rings. The zero-order chi connectivity index (χ0) is 22.5. The lowest BCUT2D eigenvalue weighted by Gasteiger charge is -2.34. The first-order valence-corrected chi connectivity index (χ1v) is 11.0. The zero-order valence-electron chi connectivity index (χ0n) is 17.6. The van der Waals surface area contributed by atoms with Gasteiger partial charge in [0.1, 0.15) is 11.9 Å². The molecule has 1 saturated carbocycles. The van der Waals surface area contributed by atoms with Crippen molar-refractivity contribution in [3.8, 4) is 6.07 Å². The molecular weight excluding hydrogens is 431 g/mol. The van der Waals surface area contributed by atoms with Crippen molar-refractivity contribution in [3.63, 3.8) is 0 Å². The van der Waals surface area contributed by atoms with E-state index in [-0.39, 0.29) is 30.6 Å². The number of alkyl halides is 1. The van der Waals surface area contributed by atoms with Gasteiger partial charge in [-0.3, -0.25) is 9.48 Å². The van der Waals surface area contributed by atoms with E-state index in [1.165, 1.54) is 0 Å². The van der Waals surface area contributed by atoms with E-state index in [9.17, 15) is 9.18 Å². The Labute approximate surface area is 189 Å². The standard InChI is InChI=1S/C23H22ClFN6O/c1-30-12-16(11-28-30)17-9-18(17)22(32)29-21-8-14-7-20(19(24)6-15(14)10-27-21)31-4-2-23(25,13-26)3-5-31/h6-8,10-12,17-18H,2-5,9H2,1H3,(H,27,29,32)/t17-,18+/m0/s1. The molecule has 2 fully saturated rings. The number of fused-ring (bicyclic) bond motifs is 1. The number of carbonyl (C=O) groups excluding carboxylic acids is 1. The molecule has 164 valence electrons. The maximum atomic E-state index is 14.3. The number of hydrogen-bond acceptors (Lipinski definition) is 5. The average Bonchev–Trinajstić information content (AvgIpc) is 3.48. The lowest BCUT2D eigenvalue weighted by atomic mass is 9.94. The molecule has 2 atom stereocenters. The van der Waals surface area contributed by atoms with E-state index in [1.54, 1.807) is 16.9 Å². The monoisotopic (exact) mass is 452 g/mol. The number of benzene rings is 1. The number of nitriles is 1. The zero-order valence-corrected chi connectivity index (χ0v) is 18.3. The van der Waals surface area contributed by atoms with E-state index >= 15 is 0 Å². The van der Waals surface area contributed by atoms with Crippen LogP contribution in [0.3, 0.4) is 0 Å². The Hall–Kier alpha value is -3.18. The number of pyridine rings is 1.